The van der Waals surface area contributed by atoms with Gasteiger partial charge in [-0.2, -0.15) is 0 Å². The molecule has 0 amide bonds. The van der Waals surface area contributed by atoms with Gasteiger partial charge in [0.15, 0.2) is 40.7 Å². The molecular formula is C26H10F8. The summed E-state index contributed by atoms with van der Waals surface area (Å²) in [7, 11) is 0. The molecule has 0 aliphatic rings. The van der Waals surface area contributed by atoms with E-state index in [0.717, 1.165) is 6.07 Å². The molecule has 34 heavy (non-hydrogen) atoms. The minimum absolute atomic E-state index is 0.0318. The lowest BCUT2D eigenvalue weighted by Crippen LogP contribution is -2.02. The van der Waals surface area contributed by atoms with Crippen LogP contribution in [0, 0.1) is 46.5 Å². The molecule has 8 heteroatoms. The smallest absolute Gasteiger partial charge is 0.194 e. The summed E-state index contributed by atoms with van der Waals surface area (Å²) in [6.45, 7) is 0. The molecule has 0 spiro atoms. The number of halogens is 8. The van der Waals surface area contributed by atoms with Crippen LogP contribution in [0.5, 0.6) is 0 Å². The van der Waals surface area contributed by atoms with Gasteiger partial charge in [0.25, 0.3) is 0 Å². The van der Waals surface area contributed by atoms with Crippen molar-refractivity contribution in [2.45, 2.75) is 0 Å². The van der Waals surface area contributed by atoms with Gasteiger partial charge in [0.05, 0.1) is 5.56 Å². The second-order valence-electron chi connectivity index (χ2n) is 7.56. The number of hydrogen-bond donors (Lipinski definition) is 0. The molecule has 170 valence electrons. The third-order valence-electron chi connectivity index (χ3n) is 5.63. The fraction of sp³-hybridized carbons (Fsp3) is 0. The van der Waals surface area contributed by atoms with Crippen molar-refractivity contribution in [3.63, 3.8) is 0 Å². The maximum Gasteiger partial charge on any atom is 0.194 e. The maximum absolute atomic E-state index is 15.2. The maximum atomic E-state index is 15.2. The SMILES string of the molecule is Fc1cc(-c2c3ccccc3c(-c3c(F)c(F)cc(F)c3F)c3c(F)cccc23)cc(F)c1F. The topological polar surface area (TPSA) is 0 Å². The molecule has 0 aliphatic carbocycles. The van der Waals surface area contributed by atoms with E-state index in [1.165, 1.54) is 36.4 Å². The molecule has 0 fully saturated rings. The van der Waals surface area contributed by atoms with Gasteiger partial charge in [0.2, 0.25) is 0 Å². The number of benzene rings is 5. The average molecular weight is 474 g/mol. The number of rotatable bonds is 2. The fourth-order valence-electron chi connectivity index (χ4n) is 4.25. The van der Waals surface area contributed by atoms with E-state index in [1.807, 2.05) is 0 Å². The van der Waals surface area contributed by atoms with Gasteiger partial charge in [-0.3, -0.25) is 0 Å². The van der Waals surface area contributed by atoms with Crippen molar-refractivity contribution in [3.05, 3.63) is 107 Å². The molecule has 0 nitrogen and oxygen atoms in total. The zero-order valence-electron chi connectivity index (χ0n) is 16.8. The predicted octanol–water partition coefficient (Wildman–Crippen LogP) is 8.44. The molecule has 5 aromatic carbocycles. The second kappa shape index (κ2) is 7.83. The lowest BCUT2D eigenvalue weighted by atomic mass is 9.85. The molecule has 0 saturated heterocycles. The summed E-state index contributed by atoms with van der Waals surface area (Å²) in [5.74, 6) is -12.6. The first-order chi connectivity index (χ1) is 16.2. The Bertz CT molecular complexity index is 1590. The standard InChI is InChI=1S/C26H10F8/c27-15-7-3-6-14-20(11-8-16(28)24(32)17(29)9-11)12-4-1-2-5-13(12)22(21(14)15)23-25(33)18(30)10-19(31)26(23)34/h1-10H. The summed E-state index contributed by atoms with van der Waals surface area (Å²) in [6, 6.07) is 10.6. The van der Waals surface area contributed by atoms with Crippen molar-refractivity contribution in [2.24, 2.45) is 0 Å². The van der Waals surface area contributed by atoms with Crippen LogP contribution in [-0.4, -0.2) is 0 Å². The van der Waals surface area contributed by atoms with Gasteiger partial charge in [0.1, 0.15) is 5.82 Å². The summed E-state index contributed by atoms with van der Waals surface area (Å²) in [6.07, 6.45) is 0. The highest BCUT2D eigenvalue weighted by Crippen LogP contribution is 2.46. The van der Waals surface area contributed by atoms with E-state index >= 15 is 4.39 Å². The van der Waals surface area contributed by atoms with E-state index in [2.05, 4.69) is 0 Å². The van der Waals surface area contributed by atoms with Crippen LogP contribution in [0.1, 0.15) is 0 Å². The van der Waals surface area contributed by atoms with Gasteiger partial charge >= 0.3 is 0 Å². The monoisotopic (exact) mass is 474 g/mol. The minimum atomic E-state index is -1.74. The van der Waals surface area contributed by atoms with Crippen molar-refractivity contribution in [1.29, 1.82) is 0 Å². The van der Waals surface area contributed by atoms with Crippen LogP contribution >= 0.6 is 0 Å². The Labute approximate surface area is 186 Å². The van der Waals surface area contributed by atoms with E-state index < -0.39 is 63.1 Å². The molecular weight excluding hydrogens is 464 g/mol. The normalized spacial score (nSPS) is 11.5. The van der Waals surface area contributed by atoms with Gasteiger partial charge in [-0.1, -0.05) is 36.4 Å². The summed E-state index contributed by atoms with van der Waals surface area (Å²) in [4.78, 5) is 0. The highest BCUT2D eigenvalue weighted by Gasteiger charge is 2.27. The van der Waals surface area contributed by atoms with Crippen molar-refractivity contribution in [3.8, 4) is 22.3 Å². The zero-order valence-corrected chi connectivity index (χ0v) is 16.8. The Morgan fingerprint density at radius 1 is 0.382 bits per heavy atom. The minimum Gasteiger partial charge on any atom is -0.206 e. The average Bonchev–Trinajstić information content (AvgIpc) is 2.81. The molecule has 0 aliphatic heterocycles. The van der Waals surface area contributed by atoms with Crippen LogP contribution in [0.3, 0.4) is 0 Å². The van der Waals surface area contributed by atoms with Crippen molar-refractivity contribution < 1.29 is 35.1 Å². The lowest BCUT2D eigenvalue weighted by molar-refractivity contribution is 0.448. The van der Waals surface area contributed by atoms with Gasteiger partial charge < -0.3 is 0 Å². The molecule has 0 bridgehead atoms. The first-order valence-electron chi connectivity index (χ1n) is 9.82. The van der Waals surface area contributed by atoms with E-state index in [4.69, 9.17) is 0 Å². The summed E-state index contributed by atoms with van der Waals surface area (Å²) in [5, 5.41) is -0.431. The number of hydrogen-bond acceptors (Lipinski definition) is 0. The highest BCUT2D eigenvalue weighted by atomic mass is 19.2. The predicted molar refractivity (Wildman–Crippen MR) is 112 cm³/mol. The van der Waals surface area contributed by atoms with E-state index in [0.29, 0.717) is 12.1 Å². The molecule has 0 unspecified atom stereocenters. The summed E-state index contributed by atoms with van der Waals surface area (Å²) in [5.41, 5.74) is -1.76. The second-order valence-corrected chi connectivity index (χ2v) is 7.56. The highest BCUT2D eigenvalue weighted by molar-refractivity contribution is 6.21. The Hall–Kier alpha value is -3.94. The Kier molecular flexibility index (Phi) is 5.04. The molecule has 0 atom stereocenters. The molecule has 0 saturated carbocycles. The quantitative estimate of drug-likeness (QED) is 0.104. The van der Waals surface area contributed by atoms with E-state index in [1.54, 1.807) is 0 Å². The zero-order chi connectivity index (χ0) is 24.3. The third-order valence-corrected chi connectivity index (χ3v) is 5.63. The van der Waals surface area contributed by atoms with Gasteiger partial charge in [-0.05, 0) is 45.5 Å². The molecule has 0 N–H and O–H groups in total. The Balaban J connectivity index is 2.07. The fourth-order valence-corrected chi connectivity index (χ4v) is 4.25. The molecule has 5 aromatic rings. The molecule has 5 rings (SSSR count). The summed E-state index contributed by atoms with van der Waals surface area (Å²) < 4.78 is 115. The van der Waals surface area contributed by atoms with E-state index in [-0.39, 0.29) is 33.4 Å². The molecule has 0 radical (unpaired) electrons. The van der Waals surface area contributed by atoms with Crippen LogP contribution in [0.2, 0.25) is 0 Å². The van der Waals surface area contributed by atoms with Crippen LogP contribution in [0.25, 0.3) is 43.8 Å². The van der Waals surface area contributed by atoms with Crippen LogP contribution in [0.15, 0.2) is 60.7 Å². The first-order valence-corrected chi connectivity index (χ1v) is 9.82. The molecule has 0 aromatic heterocycles. The Morgan fingerprint density at radius 2 is 0.882 bits per heavy atom. The molecule has 0 heterocycles. The number of fused-ring (bicyclic) bond motifs is 2. The van der Waals surface area contributed by atoms with Crippen molar-refractivity contribution >= 4 is 21.5 Å². The summed E-state index contributed by atoms with van der Waals surface area (Å²) >= 11 is 0. The van der Waals surface area contributed by atoms with Gasteiger partial charge in [-0.15, -0.1) is 0 Å². The van der Waals surface area contributed by atoms with Gasteiger partial charge in [-0.25, -0.2) is 35.1 Å². The third kappa shape index (κ3) is 3.13. The lowest BCUT2D eigenvalue weighted by Gasteiger charge is -2.19. The van der Waals surface area contributed by atoms with Crippen LogP contribution in [0.4, 0.5) is 35.1 Å². The largest absolute Gasteiger partial charge is 0.206 e. The Morgan fingerprint density at radius 3 is 1.47 bits per heavy atom. The van der Waals surface area contributed by atoms with Crippen LogP contribution < -0.4 is 0 Å². The van der Waals surface area contributed by atoms with Gasteiger partial charge in [0, 0.05) is 17.0 Å². The van der Waals surface area contributed by atoms with E-state index in [9.17, 15) is 30.7 Å². The van der Waals surface area contributed by atoms with Crippen LogP contribution in [-0.2, 0) is 0 Å². The van der Waals surface area contributed by atoms with Crippen molar-refractivity contribution in [2.75, 3.05) is 0 Å². The van der Waals surface area contributed by atoms with Crippen molar-refractivity contribution in [1.82, 2.24) is 0 Å². The first kappa shape index (κ1) is 21.9.